The van der Waals surface area contributed by atoms with Gasteiger partial charge in [-0.25, -0.2) is 0 Å². The first kappa shape index (κ1) is 16.2. The van der Waals surface area contributed by atoms with Crippen LogP contribution in [-0.2, 0) is 9.59 Å². The van der Waals surface area contributed by atoms with Crippen molar-refractivity contribution in [3.63, 3.8) is 0 Å². The van der Waals surface area contributed by atoms with Gasteiger partial charge in [0.05, 0.1) is 18.9 Å². The van der Waals surface area contributed by atoms with Gasteiger partial charge in [-0.3, -0.25) is 14.4 Å². The third kappa shape index (κ3) is 3.06. The Morgan fingerprint density at radius 3 is 2.52 bits per heavy atom. The van der Waals surface area contributed by atoms with Crippen molar-refractivity contribution < 1.29 is 23.5 Å². The Balaban J connectivity index is 2.49. The number of fused-ring (bicyclic) bond motifs is 1. The van der Waals surface area contributed by atoms with Gasteiger partial charge < -0.3 is 14.5 Å². The van der Waals surface area contributed by atoms with Crippen molar-refractivity contribution in [3.8, 4) is 11.8 Å². The Kier molecular flexibility index (Phi) is 4.46. The normalized spacial score (nSPS) is 11.6. The summed E-state index contributed by atoms with van der Waals surface area (Å²) >= 11 is 0. The summed E-state index contributed by atoms with van der Waals surface area (Å²) < 4.78 is 10.6. The standard InChI is InChI=1S/C16H14N2O5/c1-8(19)11(7-17)16(21)18-12-4-5-13(22-3)15-10(12)6-14(23-15)9(2)20/h4-6,11H,1-3H3,(H,18,21). The fourth-order valence-corrected chi connectivity index (χ4v) is 2.08. The average Bonchev–Trinajstić information content (AvgIpc) is 2.93. The van der Waals surface area contributed by atoms with Crippen LogP contribution in [-0.4, -0.2) is 24.6 Å². The van der Waals surface area contributed by atoms with E-state index in [1.807, 2.05) is 0 Å². The average molecular weight is 314 g/mol. The van der Waals surface area contributed by atoms with E-state index in [1.54, 1.807) is 18.2 Å². The summed E-state index contributed by atoms with van der Waals surface area (Å²) in [5, 5.41) is 11.9. The SMILES string of the molecule is COc1ccc(NC(=O)C(C#N)C(C)=O)c2cc(C(C)=O)oc12. The van der Waals surface area contributed by atoms with Crippen LogP contribution in [0.2, 0.25) is 0 Å². The molecule has 2 aromatic rings. The number of anilines is 1. The van der Waals surface area contributed by atoms with E-state index in [0.29, 0.717) is 22.4 Å². The maximum absolute atomic E-state index is 12.0. The highest BCUT2D eigenvalue weighted by atomic mass is 16.5. The molecular formula is C16H14N2O5. The smallest absolute Gasteiger partial charge is 0.249 e. The maximum Gasteiger partial charge on any atom is 0.249 e. The van der Waals surface area contributed by atoms with Crippen molar-refractivity contribution in [2.24, 2.45) is 5.92 Å². The molecule has 0 aliphatic rings. The second-order valence-electron chi connectivity index (χ2n) is 4.89. The van der Waals surface area contributed by atoms with Crippen LogP contribution >= 0.6 is 0 Å². The first-order chi connectivity index (χ1) is 10.9. The van der Waals surface area contributed by atoms with Gasteiger partial charge in [-0.1, -0.05) is 0 Å². The summed E-state index contributed by atoms with van der Waals surface area (Å²) in [7, 11) is 1.45. The van der Waals surface area contributed by atoms with Crippen LogP contribution in [0.3, 0.4) is 0 Å². The minimum absolute atomic E-state index is 0.114. The van der Waals surface area contributed by atoms with Gasteiger partial charge in [-0.15, -0.1) is 0 Å². The largest absolute Gasteiger partial charge is 0.493 e. The van der Waals surface area contributed by atoms with Gasteiger partial charge >= 0.3 is 0 Å². The summed E-state index contributed by atoms with van der Waals surface area (Å²) in [5.41, 5.74) is 0.621. The zero-order valence-corrected chi connectivity index (χ0v) is 12.8. The topological polar surface area (TPSA) is 109 Å². The van der Waals surface area contributed by atoms with Crippen LogP contribution < -0.4 is 10.1 Å². The van der Waals surface area contributed by atoms with Gasteiger partial charge in [-0.05, 0) is 25.1 Å². The third-order valence-electron chi connectivity index (χ3n) is 3.27. The van der Waals surface area contributed by atoms with E-state index in [-0.39, 0.29) is 11.5 Å². The molecular weight excluding hydrogens is 300 g/mol. The Morgan fingerprint density at radius 2 is 2.00 bits per heavy atom. The number of hydrogen-bond donors (Lipinski definition) is 1. The van der Waals surface area contributed by atoms with Crippen molar-refractivity contribution in [1.29, 1.82) is 5.26 Å². The molecule has 1 atom stereocenters. The van der Waals surface area contributed by atoms with Crippen molar-refractivity contribution in [1.82, 2.24) is 0 Å². The molecule has 0 saturated heterocycles. The second kappa shape index (κ2) is 6.32. The number of Topliss-reactive ketones (excluding diaryl/α,β-unsaturated/α-hetero) is 2. The van der Waals surface area contributed by atoms with Gasteiger partial charge in [0.25, 0.3) is 0 Å². The minimum Gasteiger partial charge on any atom is -0.493 e. The first-order valence-electron chi connectivity index (χ1n) is 6.71. The van der Waals surface area contributed by atoms with Crippen LogP contribution in [0.5, 0.6) is 5.75 Å². The van der Waals surface area contributed by atoms with Gasteiger partial charge in [0.1, 0.15) is 0 Å². The fraction of sp³-hybridized carbons (Fsp3) is 0.250. The number of hydrogen-bond acceptors (Lipinski definition) is 6. The third-order valence-corrected chi connectivity index (χ3v) is 3.27. The lowest BCUT2D eigenvalue weighted by molar-refractivity contribution is -0.127. The van der Waals surface area contributed by atoms with Gasteiger partial charge in [0, 0.05) is 12.3 Å². The second-order valence-corrected chi connectivity index (χ2v) is 4.89. The van der Waals surface area contributed by atoms with Crippen molar-refractivity contribution in [3.05, 3.63) is 24.0 Å². The number of nitriles is 1. The molecule has 0 fully saturated rings. The van der Waals surface area contributed by atoms with E-state index in [9.17, 15) is 14.4 Å². The molecule has 0 saturated carbocycles. The number of methoxy groups -OCH3 is 1. The number of ether oxygens (including phenoxy) is 1. The molecule has 1 aromatic carbocycles. The van der Waals surface area contributed by atoms with E-state index < -0.39 is 17.6 Å². The molecule has 1 N–H and O–H groups in total. The number of nitrogens with one attached hydrogen (secondary N) is 1. The monoisotopic (exact) mass is 314 g/mol. The van der Waals surface area contributed by atoms with E-state index in [1.165, 1.54) is 27.0 Å². The van der Waals surface area contributed by atoms with Gasteiger partial charge in [0.2, 0.25) is 5.91 Å². The van der Waals surface area contributed by atoms with E-state index in [0.717, 1.165) is 0 Å². The Bertz CT molecular complexity index is 844. The highest BCUT2D eigenvalue weighted by molar-refractivity contribution is 6.12. The summed E-state index contributed by atoms with van der Waals surface area (Å²) in [5.74, 6) is -2.45. The number of carbonyl (C=O) groups excluding carboxylic acids is 3. The number of carbonyl (C=O) groups is 3. The minimum atomic E-state index is -1.40. The van der Waals surface area contributed by atoms with Crippen LogP contribution in [0.25, 0.3) is 11.0 Å². The summed E-state index contributed by atoms with van der Waals surface area (Å²) in [6.45, 7) is 2.52. The van der Waals surface area contributed by atoms with Crippen LogP contribution in [0.4, 0.5) is 5.69 Å². The van der Waals surface area contributed by atoms with Crippen LogP contribution in [0, 0.1) is 17.2 Å². The van der Waals surface area contributed by atoms with Crippen molar-refractivity contribution in [2.45, 2.75) is 13.8 Å². The lowest BCUT2D eigenvalue weighted by Gasteiger charge is -2.09. The molecule has 2 rings (SSSR count). The van der Waals surface area contributed by atoms with E-state index >= 15 is 0 Å². The predicted octanol–water partition coefficient (Wildman–Crippen LogP) is 2.31. The lowest BCUT2D eigenvalue weighted by atomic mass is 10.1. The van der Waals surface area contributed by atoms with Crippen LogP contribution in [0.15, 0.2) is 22.6 Å². The van der Waals surface area contributed by atoms with Gasteiger partial charge in [0.15, 0.2) is 34.6 Å². The first-order valence-corrected chi connectivity index (χ1v) is 6.71. The fourth-order valence-electron chi connectivity index (χ4n) is 2.08. The number of amides is 1. The molecule has 1 heterocycles. The van der Waals surface area contributed by atoms with Crippen molar-refractivity contribution in [2.75, 3.05) is 12.4 Å². The molecule has 0 aliphatic heterocycles. The number of benzene rings is 1. The molecule has 1 unspecified atom stereocenters. The van der Waals surface area contributed by atoms with Crippen molar-refractivity contribution >= 4 is 34.1 Å². The molecule has 1 aromatic heterocycles. The molecule has 23 heavy (non-hydrogen) atoms. The highest BCUT2D eigenvalue weighted by Crippen LogP contribution is 2.34. The molecule has 118 valence electrons. The number of ketones is 2. The number of rotatable bonds is 5. The molecule has 0 aliphatic carbocycles. The maximum atomic E-state index is 12.0. The van der Waals surface area contributed by atoms with E-state index in [4.69, 9.17) is 14.4 Å². The van der Waals surface area contributed by atoms with Gasteiger partial charge in [-0.2, -0.15) is 5.26 Å². The molecule has 7 heteroatoms. The zero-order chi connectivity index (χ0) is 17.1. The molecule has 0 radical (unpaired) electrons. The lowest BCUT2D eigenvalue weighted by Crippen LogP contribution is -2.26. The Labute approximate surface area is 131 Å². The summed E-state index contributed by atoms with van der Waals surface area (Å²) in [6.07, 6.45) is 0. The molecule has 1 amide bonds. The van der Waals surface area contributed by atoms with Crippen LogP contribution in [0.1, 0.15) is 24.4 Å². The molecule has 7 nitrogen and oxygen atoms in total. The molecule has 0 spiro atoms. The molecule has 0 bridgehead atoms. The Morgan fingerprint density at radius 1 is 1.30 bits per heavy atom. The highest BCUT2D eigenvalue weighted by Gasteiger charge is 2.24. The quantitative estimate of drug-likeness (QED) is 0.670. The Hall–Kier alpha value is -3.14. The zero-order valence-electron chi connectivity index (χ0n) is 12.8. The number of furan rings is 1. The number of nitrogens with zero attached hydrogens (tertiary/aromatic N) is 1. The summed E-state index contributed by atoms with van der Waals surface area (Å²) in [4.78, 5) is 34.8. The summed E-state index contributed by atoms with van der Waals surface area (Å²) in [6, 6.07) is 6.23. The predicted molar refractivity (Wildman–Crippen MR) is 81.2 cm³/mol. The van der Waals surface area contributed by atoms with E-state index in [2.05, 4.69) is 5.32 Å².